The maximum atomic E-state index is 13.1. The fourth-order valence-corrected chi connectivity index (χ4v) is 2.65. The Balaban J connectivity index is 2.30. The second-order valence-electron chi connectivity index (χ2n) is 3.77. The molecule has 0 saturated carbocycles. The van der Waals surface area contributed by atoms with Gasteiger partial charge in [-0.2, -0.15) is 0 Å². The largest absolute Gasteiger partial charge is 0.389 e. The molecular weight excluding hydrogens is 235 g/mol. The minimum absolute atomic E-state index is 0.246. The topological polar surface area (TPSA) is 20.2 Å². The minimum atomic E-state index is -0.521. The van der Waals surface area contributed by atoms with Gasteiger partial charge in [0.1, 0.15) is 5.82 Å². The van der Waals surface area contributed by atoms with Crippen molar-refractivity contribution in [1.29, 1.82) is 0 Å². The van der Waals surface area contributed by atoms with Gasteiger partial charge in [0.25, 0.3) is 0 Å². The van der Waals surface area contributed by atoms with E-state index in [1.165, 1.54) is 23.9 Å². The zero-order valence-electron chi connectivity index (χ0n) is 9.43. The minimum Gasteiger partial charge on any atom is -0.389 e. The van der Waals surface area contributed by atoms with Crippen molar-refractivity contribution in [2.75, 3.05) is 0 Å². The monoisotopic (exact) mass is 248 g/mol. The first-order chi connectivity index (χ1) is 8.16. The van der Waals surface area contributed by atoms with E-state index in [2.05, 4.69) is 0 Å². The van der Waals surface area contributed by atoms with Gasteiger partial charge < -0.3 is 5.11 Å². The molecule has 0 bridgehead atoms. The van der Waals surface area contributed by atoms with E-state index in [4.69, 9.17) is 0 Å². The van der Waals surface area contributed by atoms with Crippen LogP contribution in [-0.4, -0.2) is 5.11 Å². The Morgan fingerprint density at radius 2 is 1.88 bits per heavy atom. The third-order valence-electron chi connectivity index (χ3n) is 2.39. The van der Waals surface area contributed by atoms with Crippen LogP contribution >= 0.6 is 11.8 Å². The van der Waals surface area contributed by atoms with E-state index in [9.17, 15) is 9.50 Å². The first kappa shape index (κ1) is 12.1. The van der Waals surface area contributed by atoms with Gasteiger partial charge in [0, 0.05) is 9.79 Å². The van der Waals surface area contributed by atoms with E-state index < -0.39 is 6.10 Å². The SMILES string of the molecule is C[C@H](O)c1ccccc1Sc1cccc(F)c1. The summed E-state index contributed by atoms with van der Waals surface area (Å²) in [4.78, 5) is 1.78. The molecular formula is C14H13FOS. The molecule has 0 aromatic heterocycles. The first-order valence-electron chi connectivity index (χ1n) is 5.37. The summed E-state index contributed by atoms with van der Waals surface area (Å²) in [5, 5.41) is 9.65. The Labute approximate surface area is 104 Å². The molecule has 0 spiro atoms. The van der Waals surface area contributed by atoms with Crippen molar-refractivity contribution in [3.05, 3.63) is 59.9 Å². The highest BCUT2D eigenvalue weighted by Gasteiger charge is 2.08. The van der Waals surface area contributed by atoms with Gasteiger partial charge in [0.05, 0.1) is 6.10 Å². The molecule has 88 valence electrons. The average molecular weight is 248 g/mol. The number of hydrogen-bond donors (Lipinski definition) is 1. The van der Waals surface area contributed by atoms with Crippen molar-refractivity contribution in [3.63, 3.8) is 0 Å². The lowest BCUT2D eigenvalue weighted by Gasteiger charge is -2.11. The van der Waals surface area contributed by atoms with Crippen LogP contribution in [0.15, 0.2) is 58.3 Å². The molecule has 0 radical (unpaired) electrons. The highest BCUT2D eigenvalue weighted by atomic mass is 32.2. The molecule has 0 fully saturated rings. The van der Waals surface area contributed by atoms with Gasteiger partial charge in [0.2, 0.25) is 0 Å². The highest BCUT2D eigenvalue weighted by molar-refractivity contribution is 7.99. The molecule has 0 aliphatic heterocycles. The van der Waals surface area contributed by atoms with Crippen LogP contribution in [0.5, 0.6) is 0 Å². The summed E-state index contributed by atoms with van der Waals surface area (Å²) < 4.78 is 13.1. The molecule has 2 aromatic rings. The molecule has 0 aliphatic rings. The summed E-state index contributed by atoms with van der Waals surface area (Å²) in [6, 6.07) is 14.1. The normalized spacial score (nSPS) is 12.4. The molecule has 0 unspecified atom stereocenters. The lowest BCUT2D eigenvalue weighted by molar-refractivity contribution is 0.196. The molecule has 1 N–H and O–H groups in total. The van der Waals surface area contributed by atoms with Gasteiger partial charge in [-0.25, -0.2) is 4.39 Å². The molecule has 1 atom stereocenters. The zero-order valence-corrected chi connectivity index (χ0v) is 10.2. The number of aliphatic hydroxyl groups excluding tert-OH is 1. The molecule has 0 saturated heterocycles. The van der Waals surface area contributed by atoms with E-state index in [-0.39, 0.29) is 5.82 Å². The quantitative estimate of drug-likeness (QED) is 0.885. The van der Waals surface area contributed by atoms with E-state index >= 15 is 0 Å². The maximum absolute atomic E-state index is 13.1. The fourth-order valence-electron chi connectivity index (χ4n) is 1.58. The summed E-state index contributed by atoms with van der Waals surface area (Å²) >= 11 is 1.46. The first-order valence-corrected chi connectivity index (χ1v) is 6.19. The average Bonchev–Trinajstić information content (AvgIpc) is 2.29. The summed E-state index contributed by atoms with van der Waals surface area (Å²) in [6.45, 7) is 1.73. The van der Waals surface area contributed by atoms with Gasteiger partial charge >= 0.3 is 0 Å². The smallest absolute Gasteiger partial charge is 0.124 e. The summed E-state index contributed by atoms with van der Waals surface area (Å²) in [7, 11) is 0. The van der Waals surface area contributed by atoms with Crippen LogP contribution in [0.2, 0.25) is 0 Å². The number of rotatable bonds is 3. The van der Waals surface area contributed by atoms with E-state index in [0.29, 0.717) is 0 Å². The molecule has 2 rings (SSSR count). The maximum Gasteiger partial charge on any atom is 0.124 e. The van der Waals surface area contributed by atoms with Gasteiger partial charge in [-0.05, 0) is 36.8 Å². The second-order valence-corrected chi connectivity index (χ2v) is 4.89. The van der Waals surface area contributed by atoms with Crippen LogP contribution in [0.3, 0.4) is 0 Å². The molecule has 17 heavy (non-hydrogen) atoms. The van der Waals surface area contributed by atoms with Crippen LogP contribution in [0, 0.1) is 5.82 Å². The zero-order chi connectivity index (χ0) is 12.3. The lowest BCUT2D eigenvalue weighted by Crippen LogP contribution is -1.93. The van der Waals surface area contributed by atoms with Gasteiger partial charge in [-0.1, -0.05) is 36.0 Å². The molecule has 0 amide bonds. The van der Waals surface area contributed by atoms with Crippen LogP contribution in [-0.2, 0) is 0 Å². The summed E-state index contributed by atoms with van der Waals surface area (Å²) in [6.07, 6.45) is -0.521. The molecule has 2 aromatic carbocycles. The van der Waals surface area contributed by atoms with Crippen molar-refractivity contribution in [2.24, 2.45) is 0 Å². The van der Waals surface area contributed by atoms with Gasteiger partial charge in [-0.15, -0.1) is 0 Å². The van der Waals surface area contributed by atoms with E-state index in [1.54, 1.807) is 13.0 Å². The summed E-state index contributed by atoms with van der Waals surface area (Å²) in [5.74, 6) is -0.246. The fraction of sp³-hybridized carbons (Fsp3) is 0.143. The van der Waals surface area contributed by atoms with Crippen LogP contribution in [0.25, 0.3) is 0 Å². The predicted molar refractivity (Wildman–Crippen MR) is 67.6 cm³/mol. The molecule has 0 aliphatic carbocycles. The number of benzene rings is 2. The van der Waals surface area contributed by atoms with Crippen LogP contribution in [0.1, 0.15) is 18.6 Å². The van der Waals surface area contributed by atoms with Gasteiger partial charge in [0.15, 0.2) is 0 Å². The Hall–Kier alpha value is -1.32. The number of aliphatic hydroxyl groups is 1. The number of hydrogen-bond acceptors (Lipinski definition) is 2. The standard InChI is InChI=1S/C14H13FOS/c1-10(16)13-7-2-3-8-14(13)17-12-6-4-5-11(15)9-12/h2-10,16H,1H3/t10-/m0/s1. The summed E-state index contributed by atoms with van der Waals surface area (Å²) in [5.41, 5.74) is 0.863. The van der Waals surface area contributed by atoms with Crippen molar-refractivity contribution in [2.45, 2.75) is 22.8 Å². The van der Waals surface area contributed by atoms with Crippen molar-refractivity contribution >= 4 is 11.8 Å². The Morgan fingerprint density at radius 3 is 2.59 bits per heavy atom. The van der Waals surface area contributed by atoms with Crippen LogP contribution in [0.4, 0.5) is 4.39 Å². The number of halogens is 1. The lowest BCUT2D eigenvalue weighted by atomic mass is 10.1. The predicted octanol–water partition coefficient (Wildman–Crippen LogP) is 4.03. The molecule has 3 heteroatoms. The van der Waals surface area contributed by atoms with Crippen LogP contribution < -0.4 is 0 Å². The van der Waals surface area contributed by atoms with Crippen molar-refractivity contribution < 1.29 is 9.50 Å². The third-order valence-corrected chi connectivity index (χ3v) is 3.47. The highest BCUT2D eigenvalue weighted by Crippen LogP contribution is 2.33. The van der Waals surface area contributed by atoms with Crippen molar-refractivity contribution in [1.82, 2.24) is 0 Å². The van der Waals surface area contributed by atoms with Crippen molar-refractivity contribution in [3.8, 4) is 0 Å². The third kappa shape index (κ3) is 3.08. The molecule has 0 heterocycles. The van der Waals surface area contributed by atoms with E-state index in [1.807, 2.05) is 30.3 Å². The Morgan fingerprint density at radius 1 is 1.12 bits per heavy atom. The second kappa shape index (κ2) is 5.34. The molecule has 1 nitrogen and oxygen atoms in total. The Bertz CT molecular complexity index is 511. The van der Waals surface area contributed by atoms with Gasteiger partial charge in [-0.3, -0.25) is 0 Å². The van der Waals surface area contributed by atoms with E-state index in [0.717, 1.165) is 15.4 Å². The Kier molecular flexibility index (Phi) is 3.82.